The average molecular weight is 573 g/mol. The smallest absolute Gasteiger partial charge is 0.264 e. The Morgan fingerprint density at radius 1 is 0.829 bits per heavy atom. The van der Waals surface area contributed by atoms with Crippen molar-refractivity contribution in [3.05, 3.63) is 102 Å². The van der Waals surface area contributed by atoms with E-state index in [1.807, 2.05) is 29.0 Å². The number of hydrogen-bond acceptors (Lipinski definition) is 5. The molecule has 1 amide bonds. The van der Waals surface area contributed by atoms with Gasteiger partial charge in [0, 0.05) is 36.3 Å². The van der Waals surface area contributed by atoms with Crippen LogP contribution >= 0.6 is 0 Å². The van der Waals surface area contributed by atoms with E-state index in [0.717, 1.165) is 79.8 Å². The number of hydrogen-bond donors (Lipinski definition) is 1. The molecule has 0 saturated carbocycles. The Morgan fingerprint density at radius 2 is 1.44 bits per heavy atom. The lowest BCUT2D eigenvalue weighted by Gasteiger charge is -2.24. The van der Waals surface area contributed by atoms with E-state index < -0.39 is 15.9 Å². The lowest BCUT2D eigenvalue weighted by atomic mass is 10.1. The summed E-state index contributed by atoms with van der Waals surface area (Å²) in [6.45, 7) is 7.64. The third-order valence-electron chi connectivity index (χ3n) is 6.99. The SMILES string of the molecule is CCCCN(Cc1ccc(C(=O)NS(C)(=O)=O)cc1)Cc1c(-c2ccccc2)nc(-c2ccccc2)n1CCCC. The first-order valence-corrected chi connectivity index (χ1v) is 16.2. The fourth-order valence-electron chi connectivity index (χ4n) is 4.89. The van der Waals surface area contributed by atoms with Crippen LogP contribution in [0.25, 0.3) is 22.6 Å². The number of sulfonamides is 1. The summed E-state index contributed by atoms with van der Waals surface area (Å²) in [4.78, 5) is 20.0. The Bertz CT molecular complexity index is 1520. The Balaban J connectivity index is 1.70. The molecule has 8 heteroatoms. The Morgan fingerprint density at radius 3 is 2.02 bits per heavy atom. The van der Waals surface area contributed by atoms with E-state index in [-0.39, 0.29) is 0 Å². The van der Waals surface area contributed by atoms with Crippen molar-refractivity contribution in [1.82, 2.24) is 19.2 Å². The summed E-state index contributed by atoms with van der Waals surface area (Å²) >= 11 is 0. The molecule has 4 aromatic rings. The van der Waals surface area contributed by atoms with Crippen molar-refractivity contribution in [3.63, 3.8) is 0 Å². The van der Waals surface area contributed by atoms with Crippen molar-refractivity contribution in [2.75, 3.05) is 12.8 Å². The van der Waals surface area contributed by atoms with Gasteiger partial charge in [-0.1, -0.05) is 99.5 Å². The summed E-state index contributed by atoms with van der Waals surface area (Å²) in [5, 5.41) is 0. The number of amides is 1. The minimum atomic E-state index is -3.62. The number of carbonyl (C=O) groups excluding carboxylic acids is 1. The normalized spacial score (nSPS) is 11.6. The van der Waals surface area contributed by atoms with Crippen molar-refractivity contribution >= 4 is 15.9 Å². The van der Waals surface area contributed by atoms with Gasteiger partial charge < -0.3 is 4.57 Å². The number of unbranched alkanes of at least 4 members (excludes halogenated alkanes) is 2. The maximum absolute atomic E-state index is 12.3. The van der Waals surface area contributed by atoms with E-state index in [1.54, 1.807) is 12.1 Å². The van der Waals surface area contributed by atoms with Crippen molar-refractivity contribution in [2.24, 2.45) is 0 Å². The van der Waals surface area contributed by atoms with E-state index >= 15 is 0 Å². The van der Waals surface area contributed by atoms with Crippen LogP contribution in [0, 0.1) is 0 Å². The van der Waals surface area contributed by atoms with Crippen LogP contribution in [-0.4, -0.2) is 41.6 Å². The molecule has 216 valence electrons. The molecule has 0 aliphatic heterocycles. The number of carbonyl (C=O) groups is 1. The number of aromatic nitrogens is 2. The highest BCUT2D eigenvalue weighted by Crippen LogP contribution is 2.31. The molecular formula is C33H40N4O3S. The first-order chi connectivity index (χ1) is 19.8. The molecular weight excluding hydrogens is 532 g/mol. The highest BCUT2D eigenvalue weighted by molar-refractivity contribution is 7.89. The third kappa shape index (κ3) is 8.38. The van der Waals surface area contributed by atoms with E-state index in [2.05, 4.69) is 71.8 Å². The van der Waals surface area contributed by atoms with E-state index in [1.165, 1.54) is 5.69 Å². The fraction of sp³-hybridized carbons (Fsp3) is 0.333. The molecule has 0 aliphatic carbocycles. The molecule has 0 spiro atoms. The molecule has 3 aromatic carbocycles. The molecule has 0 aliphatic rings. The first kappa shape index (κ1) is 30.2. The summed E-state index contributed by atoms with van der Waals surface area (Å²) in [5.74, 6) is 0.368. The number of benzene rings is 3. The predicted molar refractivity (Wildman–Crippen MR) is 166 cm³/mol. The molecule has 0 unspecified atom stereocenters. The molecule has 0 fully saturated rings. The molecule has 4 rings (SSSR count). The van der Waals surface area contributed by atoms with Crippen LogP contribution in [0.5, 0.6) is 0 Å². The molecule has 0 saturated heterocycles. The second-order valence-electron chi connectivity index (χ2n) is 10.4. The van der Waals surface area contributed by atoms with Gasteiger partial charge in [0.2, 0.25) is 10.0 Å². The van der Waals surface area contributed by atoms with Crippen molar-refractivity contribution in [1.29, 1.82) is 0 Å². The molecule has 0 atom stereocenters. The second-order valence-corrected chi connectivity index (χ2v) is 12.2. The van der Waals surface area contributed by atoms with Crippen molar-refractivity contribution in [2.45, 2.75) is 59.2 Å². The average Bonchev–Trinajstić information content (AvgIpc) is 3.33. The summed E-state index contributed by atoms with van der Waals surface area (Å²) in [7, 11) is -3.62. The van der Waals surface area contributed by atoms with E-state index in [9.17, 15) is 13.2 Å². The number of imidazole rings is 1. The molecule has 41 heavy (non-hydrogen) atoms. The molecule has 1 heterocycles. The van der Waals surface area contributed by atoms with Gasteiger partial charge >= 0.3 is 0 Å². The standard InChI is InChI=1S/C33H40N4O3S/c1-4-6-22-36(24-26-18-20-29(21-19-26)33(38)35-41(3,39)40)25-30-31(27-14-10-8-11-15-27)34-32(37(30)23-7-5-2)28-16-12-9-13-17-28/h8-21H,4-7,22-25H2,1-3H3,(H,35,38). The summed E-state index contributed by atoms with van der Waals surface area (Å²) in [5.41, 5.74) is 5.79. The third-order valence-corrected chi connectivity index (χ3v) is 7.54. The molecule has 7 nitrogen and oxygen atoms in total. The zero-order valence-electron chi connectivity index (χ0n) is 24.2. The van der Waals surface area contributed by atoms with Crippen LogP contribution in [0.3, 0.4) is 0 Å². The van der Waals surface area contributed by atoms with Gasteiger partial charge in [-0.25, -0.2) is 18.1 Å². The lowest BCUT2D eigenvalue weighted by Crippen LogP contribution is -2.29. The van der Waals surface area contributed by atoms with Gasteiger partial charge in [-0.2, -0.15) is 0 Å². The summed E-state index contributed by atoms with van der Waals surface area (Å²) in [6, 6.07) is 28.0. The van der Waals surface area contributed by atoms with Crippen molar-refractivity contribution in [3.8, 4) is 22.6 Å². The Kier molecular flexibility index (Phi) is 10.5. The fourth-order valence-corrected chi connectivity index (χ4v) is 5.35. The monoisotopic (exact) mass is 572 g/mol. The van der Waals surface area contributed by atoms with Gasteiger partial charge in [0.25, 0.3) is 5.91 Å². The largest absolute Gasteiger partial charge is 0.326 e. The van der Waals surface area contributed by atoms with Gasteiger partial charge in [0.1, 0.15) is 5.82 Å². The van der Waals surface area contributed by atoms with Crippen LogP contribution in [0.1, 0.15) is 61.1 Å². The highest BCUT2D eigenvalue weighted by atomic mass is 32.2. The second kappa shape index (κ2) is 14.2. The molecule has 0 radical (unpaired) electrons. The molecule has 1 N–H and O–H groups in total. The maximum Gasteiger partial charge on any atom is 0.264 e. The summed E-state index contributed by atoms with van der Waals surface area (Å²) < 4.78 is 27.4. The van der Waals surface area contributed by atoms with Gasteiger partial charge in [-0.3, -0.25) is 9.69 Å². The van der Waals surface area contributed by atoms with Gasteiger partial charge in [0.05, 0.1) is 17.6 Å². The quantitative estimate of drug-likeness (QED) is 0.186. The molecule has 1 aromatic heterocycles. The lowest BCUT2D eigenvalue weighted by molar-refractivity contribution is 0.0981. The summed E-state index contributed by atoms with van der Waals surface area (Å²) in [6.07, 6.45) is 5.26. The van der Waals surface area contributed by atoms with Crippen LogP contribution in [0.4, 0.5) is 0 Å². The Labute approximate surface area is 244 Å². The van der Waals surface area contributed by atoms with Gasteiger partial charge in [0.15, 0.2) is 0 Å². The number of nitrogens with zero attached hydrogens (tertiary/aromatic N) is 3. The van der Waals surface area contributed by atoms with Gasteiger partial charge in [-0.15, -0.1) is 0 Å². The minimum absolute atomic E-state index is 0.316. The van der Waals surface area contributed by atoms with Gasteiger partial charge in [-0.05, 0) is 37.1 Å². The zero-order chi connectivity index (χ0) is 29.2. The topological polar surface area (TPSA) is 84.3 Å². The maximum atomic E-state index is 12.3. The minimum Gasteiger partial charge on any atom is -0.326 e. The van der Waals surface area contributed by atoms with E-state index in [4.69, 9.17) is 4.98 Å². The predicted octanol–water partition coefficient (Wildman–Crippen LogP) is 6.51. The Hall–Kier alpha value is -3.75. The number of rotatable bonds is 14. The number of nitrogens with one attached hydrogen (secondary N) is 1. The van der Waals surface area contributed by atoms with Crippen molar-refractivity contribution < 1.29 is 13.2 Å². The van der Waals surface area contributed by atoms with Crippen LogP contribution < -0.4 is 4.72 Å². The first-order valence-electron chi connectivity index (χ1n) is 14.3. The van der Waals surface area contributed by atoms with Crippen LogP contribution in [-0.2, 0) is 29.7 Å². The molecule has 0 bridgehead atoms. The van der Waals surface area contributed by atoms with Crippen LogP contribution in [0.15, 0.2) is 84.9 Å². The van der Waals surface area contributed by atoms with Crippen LogP contribution in [0.2, 0.25) is 0 Å². The van der Waals surface area contributed by atoms with E-state index in [0.29, 0.717) is 12.1 Å². The zero-order valence-corrected chi connectivity index (χ0v) is 25.0. The highest BCUT2D eigenvalue weighted by Gasteiger charge is 2.22.